The van der Waals surface area contributed by atoms with Crippen molar-refractivity contribution in [1.29, 1.82) is 0 Å². The fourth-order valence-electron chi connectivity index (χ4n) is 1.48. The Kier molecular flexibility index (Phi) is 4.69. The Hall–Kier alpha value is -2.14. The van der Waals surface area contributed by atoms with Crippen LogP contribution in [0.3, 0.4) is 0 Å². The number of carbonyl (C=O) groups is 1. The molecule has 19 heavy (non-hydrogen) atoms. The van der Waals surface area contributed by atoms with Gasteiger partial charge in [-0.15, -0.1) is 0 Å². The second-order valence-corrected chi connectivity index (χ2v) is 4.22. The molecule has 2 N–H and O–H groups in total. The molecule has 0 aliphatic rings. The van der Waals surface area contributed by atoms with Crippen LogP contribution in [0.2, 0.25) is 5.02 Å². The van der Waals surface area contributed by atoms with Gasteiger partial charge in [-0.05, 0) is 12.1 Å². The molecule has 0 bridgehead atoms. The summed E-state index contributed by atoms with van der Waals surface area (Å²) in [5.74, 6) is 0.466. The quantitative estimate of drug-likeness (QED) is 0.881. The molecule has 6 heteroatoms. The largest absolute Gasteiger partial charge is 0.368 e. The summed E-state index contributed by atoms with van der Waals surface area (Å²) in [5.41, 5.74) is 0.785. The van der Waals surface area contributed by atoms with Gasteiger partial charge in [-0.2, -0.15) is 0 Å². The lowest BCUT2D eigenvalue weighted by Gasteiger charge is -2.07. The van der Waals surface area contributed by atoms with Crippen LogP contribution in [0.1, 0.15) is 6.42 Å². The summed E-state index contributed by atoms with van der Waals surface area (Å²) in [5, 5.41) is 6.22. The third-order valence-electron chi connectivity index (χ3n) is 2.37. The summed E-state index contributed by atoms with van der Waals surface area (Å²) < 4.78 is 0. The highest BCUT2D eigenvalue weighted by Gasteiger charge is 2.04. The van der Waals surface area contributed by atoms with Gasteiger partial charge in [0.2, 0.25) is 5.91 Å². The molecule has 0 aliphatic heterocycles. The first-order chi connectivity index (χ1) is 9.25. The average molecular weight is 277 g/mol. The lowest BCUT2D eigenvalue weighted by atomic mass is 10.3. The molecule has 0 saturated heterocycles. The van der Waals surface area contributed by atoms with Gasteiger partial charge in [0.25, 0.3) is 0 Å². The summed E-state index contributed by atoms with van der Waals surface area (Å²) in [4.78, 5) is 19.4. The van der Waals surface area contributed by atoms with Crippen molar-refractivity contribution in [2.24, 2.45) is 0 Å². The molecule has 1 aromatic carbocycles. The first-order valence-electron chi connectivity index (χ1n) is 5.80. The molecule has 0 spiro atoms. The van der Waals surface area contributed by atoms with Crippen LogP contribution in [0.25, 0.3) is 0 Å². The van der Waals surface area contributed by atoms with Crippen LogP contribution in [0.4, 0.5) is 11.5 Å². The van der Waals surface area contributed by atoms with Gasteiger partial charge < -0.3 is 10.6 Å². The van der Waals surface area contributed by atoms with Crippen molar-refractivity contribution < 1.29 is 4.79 Å². The molecular weight excluding hydrogens is 264 g/mol. The molecule has 2 rings (SSSR count). The Morgan fingerprint density at radius 1 is 1.26 bits per heavy atom. The van der Waals surface area contributed by atoms with E-state index in [-0.39, 0.29) is 5.91 Å². The van der Waals surface area contributed by atoms with Crippen molar-refractivity contribution in [2.45, 2.75) is 6.42 Å². The van der Waals surface area contributed by atoms with Crippen LogP contribution >= 0.6 is 11.6 Å². The van der Waals surface area contributed by atoms with Gasteiger partial charge in [-0.1, -0.05) is 29.8 Å². The van der Waals surface area contributed by atoms with Crippen LogP contribution in [0.15, 0.2) is 42.9 Å². The topological polar surface area (TPSA) is 66.9 Å². The predicted molar refractivity (Wildman–Crippen MR) is 75.2 cm³/mol. The number of nitrogens with one attached hydrogen (secondary N) is 2. The number of halogens is 1. The zero-order valence-electron chi connectivity index (χ0n) is 10.1. The van der Waals surface area contributed by atoms with Crippen LogP contribution in [-0.2, 0) is 4.79 Å². The van der Waals surface area contributed by atoms with Crippen molar-refractivity contribution in [1.82, 2.24) is 9.97 Å². The smallest absolute Gasteiger partial charge is 0.226 e. The van der Waals surface area contributed by atoms with Crippen LogP contribution < -0.4 is 10.6 Å². The van der Waals surface area contributed by atoms with Gasteiger partial charge >= 0.3 is 0 Å². The molecule has 0 fully saturated rings. The number of nitrogens with zero attached hydrogens (tertiary/aromatic N) is 2. The third kappa shape index (κ3) is 4.22. The molecule has 98 valence electrons. The minimum Gasteiger partial charge on any atom is -0.368 e. The molecular formula is C13H13ClN4O. The highest BCUT2D eigenvalue weighted by molar-refractivity contribution is 6.32. The summed E-state index contributed by atoms with van der Waals surface area (Å²) >= 11 is 5.88. The number of amides is 1. The number of hydrogen-bond donors (Lipinski definition) is 2. The Labute approximate surface area is 116 Å². The summed E-state index contributed by atoms with van der Waals surface area (Å²) in [6, 6.07) is 9.32. The van der Waals surface area contributed by atoms with E-state index in [1.54, 1.807) is 0 Å². The van der Waals surface area contributed by atoms with E-state index in [2.05, 4.69) is 20.6 Å². The highest BCUT2D eigenvalue weighted by atomic mass is 35.5. The van der Waals surface area contributed by atoms with Gasteiger partial charge in [0.05, 0.1) is 6.20 Å². The van der Waals surface area contributed by atoms with Gasteiger partial charge in [-0.3, -0.25) is 4.79 Å². The van der Waals surface area contributed by atoms with Crippen LogP contribution in [-0.4, -0.2) is 22.4 Å². The maximum atomic E-state index is 11.7. The number of carbonyl (C=O) groups excluding carboxylic acids is 1. The van der Waals surface area contributed by atoms with Gasteiger partial charge in [0, 0.05) is 18.7 Å². The lowest BCUT2D eigenvalue weighted by molar-refractivity contribution is -0.115. The van der Waals surface area contributed by atoms with Crippen molar-refractivity contribution in [3.05, 3.63) is 47.9 Å². The number of para-hydroxylation sites is 1. The van der Waals surface area contributed by atoms with Crippen molar-refractivity contribution in [3.8, 4) is 0 Å². The number of anilines is 2. The Bertz CT molecular complexity index is 547. The standard InChI is InChI=1S/C13H13ClN4O/c14-11-8-15-9-17-13(11)16-7-6-12(19)18-10-4-2-1-3-5-10/h1-5,8-9H,6-7H2,(H,18,19)(H,15,16,17). The Balaban J connectivity index is 1.77. The molecule has 0 saturated carbocycles. The summed E-state index contributed by atoms with van der Waals surface area (Å²) in [6.45, 7) is 0.454. The van der Waals surface area contributed by atoms with Gasteiger partial charge in [-0.25, -0.2) is 9.97 Å². The van der Waals surface area contributed by atoms with E-state index >= 15 is 0 Å². The summed E-state index contributed by atoms with van der Waals surface area (Å²) in [7, 11) is 0. The van der Waals surface area contributed by atoms with Crippen LogP contribution in [0.5, 0.6) is 0 Å². The first-order valence-corrected chi connectivity index (χ1v) is 6.18. The lowest BCUT2D eigenvalue weighted by Crippen LogP contribution is -2.16. The normalized spacial score (nSPS) is 9.95. The van der Waals surface area contributed by atoms with E-state index in [1.165, 1.54) is 12.5 Å². The second-order valence-electron chi connectivity index (χ2n) is 3.81. The Morgan fingerprint density at radius 2 is 2.05 bits per heavy atom. The average Bonchev–Trinajstić information content (AvgIpc) is 2.42. The zero-order chi connectivity index (χ0) is 13.5. The molecule has 0 radical (unpaired) electrons. The maximum Gasteiger partial charge on any atom is 0.226 e. The van der Waals surface area contributed by atoms with Crippen molar-refractivity contribution in [3.63, 3.8) is 0 Å². The summed E-state index contributed by atoms with van der Waals surface area (Å²) in [6.07, 6.45) is 3.23. The first kappa shape index (κ1) is 13.3. The third-order valence-corrected chi connectivity index (χ3v) is 2.65. The van der Waals surface area contributed by atoms with E-state index < -0.39 is 0 Å². The van der Waals surface area contributed by atoms with E-state index in [0.717, 1.165) is 5.69 Å². The van der Waals surface area contributed by atoms with Crippen molar-refractivity contribution in [2.75, 3.05) is 17.2 Å². The van der Waals surface area contributed by atoms with Gasteiger partial charge in [0.1, 0.15) is 17.2 Å². The SMILES string of the molecule is O=C(CCNc1ncncc1Cl)Nc1ccccc1. The zero-order valence-corrected chi connectivity index (χ0v) is 10.9. The van der Waals surface area contributed by atoms with E-state index in [9.17, 15) is 4.79 Å². The van der Waals surface area contributed by atoms with Gasteiger partial charge in [0.15, 0.2) is 0 Å². The molecule has 5 nitrogen and oxygen atoms in total. The Morgan fingerprint density at radius 3 is 2.79 bits per heavy atom. The fraction of sp³-hybridized carbons (Fsp3) is 0.154. The monoisotopic (exact) mass is 276 g/mol. The van der Waals surface area contributed by atoms with E-state index in [4.69, 9.17) is 11.6 Å². The van der Waals surface area contributed by atoms with Crippen molar-refractivity contribution >= 4 is 29.0 Å². The molecule has 0 atom stereocenters. The number of rotatable bonds is 5. The van der Waals surface area contributed by atoms with E-state index in [1.807, 2.05) is 30.3 Å². The van der Waals surface area contributed by atoms with E-state index in [0.29, 0.717) is 23.8 Å². The minimum absolute atomic E-state index is 0.0659. The molecule has 0 unspecified atom stereocenters. The number of benzene rings is 1. The molecule has 1 aromatic heterocycles. The predicted octanol–water partition coefficient (Wildman–Crippen LogP) is 2.57. The number of aromatic nitrogens is 2. The number of hydrogen-bond acceptors (Lipinski definition) is 4. The fourth-order valence-corrected chi connectivity index (χ4v) is 1.65. The second kappa shape index (κ2) is 6.70. The van der Waals surface area contributed by atoms with Crippen LogP contribution in [0, 0.1) is 0 Å². The minimum atomic E-state index is -0.0659. The highest BCUT2D eigenvalue weighted by Crippen LogP contribution is 2.15. The molecule has 1 heterocycles. The maximum absolute atomic E-state index is 11.7. The molecule has 0 aliphatic carbocycles. The molecule has 2 aromatic rings. The molecule has 1 amide bonds.